The Hall–Kier alpha value is -3.75. The van der Waals surface area contributed by atoms with Gasteiger partial charge in [0.25, 0.3) is 5.91 Å². The molecular formula is C24H19Cl2N7O. The summed E-state index contributed by atoms with van der Waals surface area (Å²) in [5.74, 6) is -0.390. The summed E-state index contributed by atoms with van der Waals surface area (Å²) in [4.78, 5) is 14.7. The molecule has 0 radical (unpaired) electrons. The van der Waals surface area contributed by atoms with Crippen molar-refractivity contribution >= 4 is 40.1 Å². The standard InChI is InChI=1S/C24H19Cl2N7O/c1-15-7-8-20-21(9-15)31-33(30-20)22(16-5-3-2-4-6-16)12-27-24(34)23-18(25)10-17(11-19(23)26)32-13-28-29-14-32/h2-11,13-14,22H,12H2,1H3,(H,27,34). The Morgan fingerprint density at radius 1 is 0.941 bits per heavy atom. The number of nitrogens with zero attached hydrogens (tertiary/aromatic N) is 6. The molecule has 0 saturated heterocycles. The highest BCUT2D eigenvalue weighted by Crippen LogP contribution is 2.28. The van der Waals surface area contributed by atoms with E-state index >= 15 is 0 Å². The number of aryl methyl sites for hydroxylation is 1. The number of fused-ring (bicyclic) bond motifs is 1. The third-order valence-electron chi connectivity index (χ3n) is 5.44. The van der Waals surface area contributed by atoms with Gasteiger partial charge in [-0.2, -0.15) is 15.0 Å². The highest BCUT2D eigenvalue weighted by molar-refractivity contribution is 6.40. The van der Waals surface area contributed by atoms with Crippen molar-refractivity contribution in [3.63, 3.8) is 0 Å². The van der Waals surface area contributed by atoms with Gasteiger partial charge in [-0.3, -0.25) is 9.36 Å². The second kappa shape index (κ2) is 9.24. The molecule has 0 aliphatic carbocycles. The summed E-state index contributed by atoms with van der Waals surface area (Å²) in [6.45, 7) is 2.25. The Morgan fingerprint density at radius 2 is 1.62 bits per heavy atom. The molecule has 10 heteroatoms. The molecule has 170 valence electrons. The Morgan fingerprint density at radius 3 is 2.32 bits per heavy atom. The van der Waals surface area contributed by atoms with Crippen LogP contribution < -0.4 is 5.32 Å². The van der Waals surface area contributed by atoms with Crippen molar-refractivity contribution < 1.29 is 4.79 Å². The quantitative estimate of drug-likeness (QED) is 0.373. The van der Waals surface area contributed by atoms with Crippen LogP contribution in [0.15, 0.2) is 73.3 Å². The van der Waals surface area contributed by atoms with Crippen molar-refractivity contribution in [1.82, 2.24) is 35.1 Å². The molecule has 2 heterocycles. The molecule has 0 bridgehead atoms. The smallest absolute Gasteiger partial charge is 0.254 e. The minimum Gasteiger partial charge on any atom is -0.349 e. The number of halogens is 2. The van der Waals surface area contributed by atoms with Gasteiger partial charge in [-0.25, -0.2) is 0 Å². The fraction of sp³-hybridized carbons (Fsp3) is 0.125. The van der Waals surface area contributed by atoms with E-state index in [9.17, 15) is 4.79 Å². The molecule has 0 aliphatic rings. The van der Waals surface area contributed by atoms with Gasteiger partial charge < -0.3 is 5.32 Å². The van der Waals surface area contributed by atoms with Gasteiger partial charge in [0, 0.05) is 6.54 Å². The van der Waals surface area contributed by atoms with E-state index in [2.05, 4.69) is 25.7 Å². The lowest BCUT2D eigenvalue weighted by molar-refractivity contribution is 0.0949. The van der Waals surface area contributed by atoms with Crippen LogP contribution in [-0.2, 0) is 0 Å². The molecule has 1 atom stereocenters. The monoisotopic (exact) mass is 491 g/mol. The topological polar surface area (TPSA) is 90.5 Å². The maximum absolute atomic E-state index is 13.1. The van der Waals surface area contributed by atoms with Gasteiger partial charge in [0.2, 0.25) is 0 Å². The molecule has 0 fully saturated rings. The SMILES string of the molecule is Cc1ccc2nn(C(CNC(=O)c3c(Cl)cc(-n4cnnc4)cc3Cl)c3ccccc3)nc2c1. The predicted octanol–water partition coefficient (Wildman–Crippen LogP) is 4.65. The van der Waals surface area contributed by atoms with Crippen molar-refractivity contribution in [2.24, 2.45) is 0 Å². The maximum Gasteiger partial charge on any atom is 0.254 e. The molecule has 2 aromatic heterocycles. The Balaban J connectivity index is 1.43. The molecule has 34 heavy (non-hydrogen) atoms. The molecule has 1 amide bonds. The number of carbonyl (C=O) groups is 1. The summed E-state index contributed by atoms with van der Waals surface area (Å²) in [6.07, 6.45) is 3.05. The first-order valence-corrected chi connectivity index (χ1v) is 11.3. The van der Waals surface area contributed by atoms with E-state index in [4.69, 9.17) is 23.2 Å². The summed E-state index contributed by atoms with van der Waals surface area (Å²) in [7, 11) is 0. The first kappa shape index (κ1) is 22.1. The number of amides is 1. The van der Waals surface area contributed by atoms with Crippen molar-refractivity contribution in [2.45, 2.75) is 13.0 Å². The molecule has 3 aromatic carbocycles. The molecule has 8 nitrogen and oxygen atoms in total. The Bertz CT molecular complexity index is 1440. The Labute approximate surface area is 205 Å². The summed E-state index contributed by atoms with van der Waals surface area (Å²) < 4.78 is 1.65. The lowest BCUT2D eigenvalue weighted by atomic mass is 10.1. The average molecular weight is 492 g/mol. The van der Waals surface area contributed by atoms with Crippen LogP contribution in [0.3, 0.4) is 0 Å². The fourth-order valence-corrected chi connectivity index (χ4v) is 4.37. The molecule has 5 rings (SSSR count). The number of hydrogen-bond donors (Lipinski definition) is 1. The van der Waals surface area contributed by atoms with Crippen LogP contribution in [0.4, 0.5) is 0 Å². The molecule has 0 aliphatic heterocycles. The zero-order valence-corrected chi connectivity index (χ0v) is 19.6. The van der Waals surface area contributed by atoms with E-state index < -0.39 is 5.91 Å². The largest absolute Gasteiger partial charge is 0.349 e. The lowest BCUT2D eigenvalue weighted by Crippen LogP contribution is -2.32. The summed E-state index contributed by atoms with van der Waals surface area (Å²) in [5, 5.41) is 20.3. The minimum atomic E-state index is -0.390. The fourth-order valence-electron chi connectivity index (χ4n) is 3.73. The van der Waals surface area contributed by atoms with Crippen molar-refractivity contribution in [3.8, 4) is 5.69 Å². The third kappa shape index (κ3) is 4.37. The van der Waals surface area contributed by atoms with Crippen LogP contribution in [0.5, 0.6) is 0 Å². The molecular weight excluding hydrogens is 473 g/mol. The van der Waals surface area contributed by atoms with E-state index in [1.165, 1.54) is 12.7 Å². The van der Waals surface area contributed by atoms with Crippen LogP contribution in [0.2, 0.25) is 10.0 Å². The van der Waals surface area contributed by atoms with Gasteiger partial charge in [-0.1, -0.05) is 59.6 Å². The summed E-state index contributed by atoms with van der Waals surface area (Å²) in [5.41, 5.74) is 4.49. The van der Waals surface area contributed by atoms with Gasteiger partial charge in [-0.15, -0.1) is 10.2 Å². The number of benzene rings is 3. The molecule has 1 unspecified atom stereocenters. The number of aromatic nitrogens is 6. The summed E-state index contributed by atoms with van der Waals surface area (Å²) >= 11 is 12.9. The zero-order valence-electron chi connectivity index (χ0n) is 18.1. The van der Waals surface area contributed by atoms with E-state index in [-0.39, 0.29) is 28.2 Å². The van der Waals surface area contributed by atoms with Crippen LogP contribution in [0.25, 0.3) is 16.7 Å². The van der Waals surface area contributed by atoms with Gasteiger partial charge in [-0.05, 0) is 42.3 Å². The van der Waals surface area contributed by atoms with Crippen LogP contribution in [-0.4, -0.2) is 42.2 Å². The first-order chi connectivity index (χ1) is 16.5. The molecule has 1 N–H and O–H groups in total. The number of carbonyl (C=O) groups excluding carboxylic acids is 1. The second-order valence-corrected chi connectivity index (χ2v) is 8.62. The number of rotatable bonds is 6. The lowest BCUT2D eigenvalue weighted by Gasteiger charge is -2.18. The van der Waals surface area contributed by atoms with Gasteiger partial charge >= 0.3 is 0 Å². The number of hydrogen-bond acceptors (Lipinski definition) is 5. The van der Waals surface area contributed by atoms with Crippen LogP contribution >= 0.6 is 23.2 Å². The van der Waals surface area contributed by atoms with Crippen molar-refractivity contribution in [3.05, 3.63) is 100 Å². The van der Waals surface area contributed by atoms with Gasteiger partial charge in [0.1, 0.15) is 29.7 Å². The Kier molecular flexibility index (Phi) is 6.00. The van der Waals surface area contributed by atoms with Crippen molar-refractivity contribution in [2.75, 3.05) is 6.54 Å². The molecule has 5 aromatic rings. The normalized spacial score (nSPS) is 12.1. The highest BCUT2D eigenvalue weighted by atomic mass is 35.5. The average Bonchev–Trinajstić information content (AvgIpc) is 3.49. The number of nitrogens with one attached hydrogen (secondary N) is 1. The second-order valence-electron chi connectivity index (χ2n) is 7.80. The first-order valence-electron chi connectivity index (χ1n) is 10.5. The van der Waals surface area contributed by atoms with Gasteiger partial charge in [0.15, 0.2) is 0 Å². The van der Waals surface area contributed by atoms with E-state index in [0.29, 0.717) is 5.69 Å². The summed E-state index contributed by atoms with van der Waals surface area (Å²) in [6, 6.07) is 18.6. The van der Waals surface area contributed by atoms with E-state index in [1.807, 2.05) is 55.5 Å². The van der Waals surface area contributed by atoms with Gasteiger partial charge in [0.05, 0.1) is 21.3 Å². The van der Waals surface area contributed by atoms with Crippen LogP contribution in [0.1, 0.15) is 27.5 Å². The molecule has 0 saturated carbocycles. The highest BCUT2D eigenvalue weighted by Gasteiger charge is 2.21. The maximum atomic E-state index is 13.1. The molecule has 0 spiro atoms. The predicted molar refractivity (Wildman–Crippen MR) is 131 cm³/mol. The van der Waals surface area contributed by atoms with Crippen LogP contribution in [0, 0.1) is 6.92 Å². The third-order valence-corrected chi connectivity index (χ3v) is 6.04. The van der Waals surface area contributed by atoms with E-state index in [0.717, 1.165) is 22.2 Å². The zero-order chi connectivity index (χ0) is 23.7. The van der Waals surface area contributed by atoms with Crippen molar-refractivity contribution in [1.29, 1.82) is 0 Å². The van der Waals surface area contributed by atoms with E-state index in [1.54, 1.807) is 21.5 Å². The minimum absolute atomic E-state index is 0.196.